The number of hydrogen-bond acceptors (Lipinski definition) is 3. The highest BCUT2D eigenvalue weighted by atomic mass is 32.2. The molecule has 5 nitrogen and oxygen atoms in total. The first-order chi connectivity index (χ1) is 12.7. The van der Waals surface area contributed by atoms with Gasteiger partial charge in [-0.25, -0.2) is 12.8 Å². The normalized spacial score (nSPS) is 12.4. The number of carbonyl (C=O) groups is 1. The Bertz CT molecular complexity index is 882. The molecule has 0 radical (unpaired) electrons. The SMILES string of the molecule is Cc1ccc(CCCNC(=O)[C@H](C)N(c2ccccc2F)S(C)(=O)=O)cc1. The first-order valence-corrected chi connectivity index (χ1v) is 10.6. The summed E-state index contributed by atoms with van der Waals surface area (Å²) in [5.74, 6) is -1.16. The quantitative estimate of drug-likeness (QED) is 0.702. The number of sulfonamides is 1. The van der Waals surface area contributed by atoms with Crippen molar-refractivity contribution >= 4 is 21.6 Å². The number of halogens is 1. The minimum absolute atomic E-state index is 0.137. The van der Waals surface area contributed by atoms with Gasteiger partial charge in [0.05, 0.1) is 11.9 Å². The maximum absolute atomic E-state index is 14.1. The lowest BCUT2D eigenvalue weighted by Crippen LogP contribution is -2.48. The van der Waals surface area contributed by atoms with Gasteiger partial charge in [-0.1, -0.05) is 42.0 Å². The van der Waals surface area contributed by atoms with Crippen LogP contribution in [0.1, 0.15) is 24.5 Å². The summed E-state index contributed by atoms with van der Waals surface area (Å²) in [6, 6.07) is 12.6. The standard InChI is InChI=1S/C20H25FN2O3S/c1-15-10-12-17(13-11-15)7-6-14-22-20(24)16(2)23(27(3,25)26)19-9-5-4-8-18(19)21/h4-5,8-13,16H,6-7,14H2,1-3H3,(H,22,24)/t16-/m0/s1. The smallest absolute Gasteiger partial charge is 0.243 e. The molecule has 1 N–H and O–H groups in total. The summed E-state index contributed by atoms with van der Waals surface area (Å²) < 4.78 is 39.2. The largest absolute Gasteiger partial charge is 0.354 e. The number of benzene rings is 2. The molecule has 2 rings (SSSR count). The van der Waals surface area contributed by atoms with Gasteiger partial charge in [0.15, 0.2) is 0 Å². The fourth-order valence-electron chi connectivity index (χ4n) is 2.82. The summed E-state index contributed by atoms with van der Waals surface area (Å²) in [6.45, 7) is 3.88. The van der Waals surface area contributed by atoms with E-state index in [-0.39, 0.29) is 5.69 Å². The van der Waals surface area contributed by atoms with Crippen LogP contribution in [0.2, 0.25) is 0 Å². The summed E-state index contributed by atoms with van der Waals surface area (Å²) in [4.78, 5) is 12.4. The molecule has 0 bridgehead atoms. The molecule has 0 aliphatic carbocycles. The number of rotatable bonds is 8. The number of para-hydroxylation sites is 1. The van der Waals surface area contributed by atoms with Gasteiger partial charge in [-0.3, -0.25) is 9.10 Å². The van der Waals surface area contributed by atoms with Gasteiger partial charge >= 0.3 is 0 Å². The monoisotopic (exact) mass is 392 g/mol. The van der Waals surface area contributed by atoms with Crippen LogP contribution in [0, 0.1) is 12.7 Å². The van der Waals surface area contributed by atoms with Gasteiger partial charge in [0, 0.05) is 6.54 Å². The molecule has 0 aliphatic heterocycles. The second-order valence-corrected chi connectivity index (χ2v) is 8.43. The van der Waals surface area contributed by atoms with Gasteiger partial charge in [0.25, 0.3) is 0 Å². The van der Waals surface area contributed by atoms with E-state index in [1.807, 2.05) is 31.2 Å². The Kier molecular flexibility index (Phi) is 6.96. The van der Waals surface area contributed by atoms with Crippen molar-refractivity contribution in [2.45, 2.75) is 32.7 Å². The maximum atomic E-state index is 14.1. The number of carbonyl (C=O) groups excluding carboxylic acids is 1. The van der Waals surface area contributed by atoms with E-state index in [1.165, 1.54) is 42.3 Å². The first kappa shape index (κ1) is 20.9. The number of hydrogen-bond donors (Lipinski definition) is 1. The van der Waals surface area contributed by atoms with Crippen LogP contribution in [-0.2, 0) is 21.2 Å². The van der Waals surface area contributed by atoms with E-state index >= 15 is 0 Å². The Morgan fingerprint density at radius 3 is 2.37 bits per heavy atom. The fraction of sp³-hybridized carbons (Fsp3) is 0.350. The van der Waals surface area contributed by atoms with Gasteiger partial charge < -0.3 is 5.32 Å². The van der Waals surface area contributed by atoms with Crippen molar-refractivity contribution in [3.8, 4) is 0 Å². The van der Waals surface area contributed by atoms with Crippen molar-refractivity contribution in [3.63, 3.8) is 0 Å². The topological polar surface area (TPSA) is 66.5 Å². The number of nitrogens with one attached hydrogen (secondary N) is 1. The molecular formula is C20H25FN2O3S. The Morgan fingerprint density at radius 2 is 1.78 bits per heavy atom. The van der Waals surface area contributed by atoms with Crippen molar-refractivity contribution in [1.82, 2.24) is 5.32 Å². The average molecular weight is 392 g/mol. The van der Waals surface area contributed by atoms with Crippen molar-refractivity contribution in [3.05, 3.63) is 65.5 Å². The predicted molar refractivity (Wildman–Crippen MR) is 106 cm³/mol. The molecule has 1 amide bonds. The first-order valence-electron chi connectivity index (χ1n) is 8.77. The van der Waals surface area contributed by atoms with Crippen molar-refractivity contribution in [2.24, 2.45) is 0 Å². The van der Waals surface area contributed by atoms with Crippen molar-refractivity contribution in [2.75, 3.05) is 17.1 Å². The van der Waals surface area contributed by atoms with Gasteiger partial charge in [0.1, 0.15) is 11.9 Å². The highest BCUT2D eigenvalue weighted by Gasteiger charge is 2.30. The molecule has 7 heteroatoms. The number of aryl methyl sites for hydroxylation is 2. The molecule has 0 aliphatic rings. The van der Waals surface area contributed by atoms with Gasteiger partial charge in [-0.2, -0.15) is 0 Å². The third-order valence-corrected chi connectivity index (χ3v) is 5.47. The van der Waals surface area contributed by atoms with Gasteiger partial charge in [-0.05, 0) is 44.4 Å². The molecule has 2 aromatic rings. The van der Waals surface area contributed by atoms with Crippen molar-refractivity contribution in [1.29, 1.82) is 0 Å². The molecule has 0 fully saturated rings. The zero-order valence-electron chi connectivity index (χ0n) is 15.8. The third-order valence-electron chi connectivity index (χ3n) is 4.24. The van der Waals surface area contributed by atoms with Crippen LogP contribution in [0.25, 0.3) is 0 Å². The Morgan fingerprint density at radius 1 is 1.15 bits per heavy atom. The van der Waals surface area contributed by atoms with E-state index in [0.29, 0.717) is 6.54 Å². The number of nitrogens with zero attached hydrogens (tertiary/aromatic N) is 1. The molecule has 27 heavy (non-hydrogen) atoms. The minimum Gasteiger partial charge on any atom is -0.354 e. The molecule has 0 heterocycles. The Balaban J connectivity index is 1.99. The zero-order valence-corrected chi connectivity index (χ0v) is 16.6. The second kappa shape index (κ2) is 8.99. The number of amides is 1. The van der Waals surface area contributed by atoms with Gasteiger partial charge in [0.2, 0.25) is 15.9 Å². The summed E-state index contributed by atoms with van der Waals surface area (Å²) >= 11 is 0. The van der Waals surface area contributed by atoms with Crippen LogP contribution in [0.3, 0.4) is 0 Å². The van der Waals surface area contributed by atoms with E-state index < -0.39 is 27.8 Å². The second-order valence-electron chi connectivity index (χ2n) is 6.57. The Labute approximate surface area is 160 Å². The molecule has 2 aromatic carbocycles. The number of anilines is 1. The molecule has 0 unspecified atom stereocenters. The third kappa shape index (κ3) is 5.79. The summed E-state index contributed by atoms with van der Waals surface area (Å²) in [7, 11) is -3.83. The molecule has 0 saturated carbocycles. The van der Waals surface area contributed by atoms with Crippen LogP contribution in [0.5, 0.6) is 0 Å². The molecule has 0 spiro atoms. The molecule has 146 valence electrons. The minimum atomic E-state index is -3.83. The molecule has 0 saturated heterocycles. The van der Waals surface area contributed by atoms with E-state index in [4.69, 9.17) is 0 Å². The van der Waals surface area contributed by atoms with Crippen LogP contribution >= 0.6 is 0 Å². The summed E-state index contributed by atoms with van der Waals surface area (Å²) in [5.41, 5.74) is 2.23. The Hall–Kier alpha value is -2.41. The molecular weight excluding hydrogens is 367 g/mol. The highest BCUT2D eigenvalue weighted by molar-refractivity contribution is 7.92. The maximum Gasteiger partial charge on any atom is 0.243 e. The van der Waals surface area contributed by atoms with E-state index in [2.05, 4.69) is 5.32 Å². The summed E-state index contributed by atoms with van der Waals surface area (Å²) in [5, 5.41) is 2.74. The van der Waals surface area contributed by atoms with Gasteiger partial charge in [-0.15, -0.1) is 0 Å². The van der Waals surface area contributed by atoms with Crippen LogP contribution < -0.4 is 9.62 Å². The van der Waals surface area contributed by atoms with Crippen LogP contribution in [-0.4, -0.2) is 33.2 Å². The zero-order chi connectivity index (χ0) is 20.0. The predicted octanol–water partition coefficient (Wildman–Crippen LogP) is 3.04. The fourth-order valence-corrected chi connectivity index (χ4v) is 3.99. The lowest BCUT2D eigenvalue weighted by atomic mass is 10.1. The molecule has 1 atom stereocenters. The van der Waals surface area contributed by atoms with E-state index in [9.17, 15) is 17.6 Å². The average Bonchev–Trinajstić information content (AvgIpc) is 2.60. The van der Waals surface area contributed by atoms with E-state index in [0.717, 1.165) is 23.4 Å². The summed E-state index contributed by atoms with van der Waals surface area (Å²) in [6.07, 6.45) is 2.48. The van der Waals surface area contributed by atoms with Crippen LogP contribution in [0.4, 0.5) is 10.1 Å². The molecule has 0 aromatic heterocycles. The highest BCUT2D eigenvalue weighted by Crippen LogP contribution is 2.24. The van der Waals surface area contributed by atoms with Crippen molar-refractivity contribution < 1.29 is 17.6 Å². The van der Waals surface area contributed by atoms with Crippen LogP contribution in [0.15, 0.2) is 48.5 Å². The van der Waals surface area contributed by atoms with E-state index in [1.54, 1.807) is 0 Å². The lowest BCUT2D eigenvalue weighted by molar-refractivity contribution is -0.121. The lowest BCUT2D eigenvalue weighted by Gasteiger charge is -2.28.